The van der Waals surface area contributed by atoms with Gasteiger partial charge in [-0.15, -0.1) is 11.3 Å². The summed E-state index contributed by atoms with van der Waals surface area (Å²) in [5, 5.41) is 1.70. The van der Waals surface area contributed by atoms with E-state index in [1.165, 1.54) is 21.7 Å². The Hall–Kier alpha value is -0.990. The molecular weight excluding hydrogens is 373 g/mol. The summed E-state index contributed by atoms with van der Waals surface area (Å²) in [4.78, 5) is 0.924. The molecule has 1 aromatic carbocycles. The van der Waals surface area contributed by atoms with Crippen molar-refractivity contribution >= 4 is 33.0 Å². The molecule has 1 atom stereocenters. The van der Waals surface area contributed by atoms with Gasteiger partial charge in [0.15, 0.2) is 0 Å². The second-order valence-electron chi connectivity index (χ2n) is 5.59. The van der Waals surface area contributed by atoms with Crippen LogP contribution in [0.15, 0.2) is 40.6 Å². The third-order valence-electron chi connectivity index (χ3n) is 3.87. The van der Waals surface area contributed by atoms with Crippen molar-refractivity contribution in [2.45, 2.75) is 30.4 Å². The van der Waals surface area contributed by atoms with Gasteiger partial charge in [-0.05, 0) is 42.5 Å². The maximum Gasteiger partial charge on any atom is 0.243 e. The van der Waals surface area contributed by atoms with Gasteiger partial charge in [0.25, 0.3) is 0 Å². The fraction of sp³-hybridized carbons (Fsp3) is 0.375. The third-order valence-corrected chi connectivity index (χ3v) is 6.83. The fourth-order valence-electron chi connectivity index (χ4n) is 2.63. The number of benzene rings is 1. The first-order chi connectivity index (χ1) is 11.5. The van der Waals surface area contributed by atoms with Gasteiger partial charge >= 0.3 is 0 Å². The van der Waals surface area contributed by atoms with Crippen LogP contribution >= 0.6 is 22.9 Å². The Morgan fingerprint density at radius 1 is 1.38 bits per heavy atom. The Morgan fingerprint density at radius 3 is 2.83 bits per heavy atom. The van der Waals surface area contributed by atoms with Crippen molar-refractivity contribution in [2.75, 3.05) is 13.2 Å². The van der Waals surface area contributed by atoms with Gasteiger partial charge in [0.2, 0.25) is 10.0 Å². The lowest BCUT2D eigenvalue weighted by atomic mass is 10.2. The number of hydrogen-bond donors (Lipinski definition) is 0. The number of nitrogens with zero attached hydrogens (tertiary/aromatic N) is 1. The van der Waals surface area contributed by atoms with Crippen molar-refractivity contribution < 1.29 is 17.5 Å². The van der Waals surface area contributed by atoms with Gasteiger partial charge in [-0.25, -0.2) is 12.8 Å². The molecule has 8 heteroatoms. The van der Waals surface area contributed by atoms with Gasteiger partial charge in [0.1, 0.15) is 5.82 Å². The lowest BCUT2D eigenvalue weighted by Crippen LogP contribution is -2.36. The predicted octanol–water partition coefficient (Wildman–Crippen LogP) is 3.91. The van der Waals surface area contributed by atoms with Crippen molar-refractivity contribution in [1.82, 2.24) is 4.31 Å². The van der Waals surface area contributed by atoms with E-state index < -0.39 is 15.8 Å². The van der Waals surface area contributed by atoms with Crippen molar-refractivity contribution in [2.24, 2.45) is 0 Å². The van der Waals surface area contributed by atoms with E-state index in [0.29, 0.717) is 6.61 Å². The molecule has 4 nitrogen and oxygen atoms in total. The zero-order chi connectivity index (χ0) is 17.2. The maximum absolute atomic E-state index is 13.4. The van der Waals surface area contributed by atoms with Gasteiger partial charge in [0.05, 0.1) is 16.0 Å². The summed E-state index contributed by atoms with van der Waals surface area (Å²) >= 11 is 7.25. The third kappa shape index (κ3) is 3.97. The Labute approximate surface area is 149 Å². The van der Waals surface area contributed by atoms with E-state index in [2.05, 4.69) is 0 Å². The smallest absolute Gasteiger partial charge is 0.243 e. The maximum atomic E-state index is 13.4. The van der Waals surface area contributed by atoms with Gasteiger partial charge in [-0.2, -0.15) is 4.31 Å². The molecule has 130 valence electrons. The molecule has 24 heavy (non-hydrogen) atoms. The Balaban J connectivity index is 1.90. The molecule has 1 fully saturated rings. The predicted molar refractivity (Wildman–Crippen MR) is 92.3 cm³/mol. The first kappa shape index (κ1) is 17.8. The highest BCUT2D eigenvalue weighted by Gasteiger charge is 2.30. The highest BCUT2D eigenvalue weighted by atomic mass is 35.5. The van der Waals surface area contributed by atoms with E-state index in [1.54, 1.807) is 0 Å². The number of rotatable bonds is 6. The van der Waals surface area contributed by atoms with Crippen LogP contribution in [0.2, 0.25) is 5.02 Å². The summed E-state index contributed by atoms with van der Waals surface area (Å²) in [6, 6.07) is 7.24. The van der Waals surface area contributed by atoms with Gasteiger partial charge < -0.3 is 4.74 Å². The van der Waals surface area contributed by atoms with E-state index in [9.17, 15) is 12.8 Å². The molecule has 0 N–H and O–H groups in total. The number of sulfonamides is 1. The van der Waals surface area contributed by atoms with Crippen LogP contribution in [-0.2, 0) is 21.3 Å². The Kier molecular flexibility index (Phi) is 5.56. The lowest BCUT2D eigenvalue weighted by molar-refractivity contribution is 0.0927. The zero-order valence-corrected chi connectivity index (χ0v) is 15.2. The summed E-state index contributed by atoms with van der Waals surface area (Å²) < 4.78 is 46.3. The second-order valence-corrected chi connectivity index (χ2v) is 8.97. The number of halogens is 2. The minimum atomic E-state index is -3.79. The fourth-order valence-corrected chi connectivity index (χ4v) is 5.15. The largest absolute Gasteiger partial charge is 0.377 e. The quantitative estimate of drug-likeness (QED) is 0.752. The zero-order valence-electron chi connectivity index (χ0n) is 12.8. The van der Waals surface area contributed by atoms with E-state index in [1.807, 2.05) is 17.5 Å². The SMILES string of the molecule is O=S(=O)(c1ccc(F)c(Cl)c1)N(Cc1cccs1)C[C@H]1CCCO1. The van der Waals surface area contributed by atoms with E-state index in [-0.39, 0.29) is 29.1 Å². The van der Waals surface area contributed by atoms with E-state index in [0.717, 1.165) is 29.9 Å². The first-order valence-corrected chi connectivity index (χ1v) is 10.3. The molecule has 0 spiro atoms. The molecule has 1 aliphatic rings. The summed E-state index contributed by atoms with van der Waals surface area (Å²) in [6.45, 7) is 1.18. The first-order valence-electron chi connectivity index (χ1n) is 7.56. The van der Waals surface area contributed by atoms with Crippen LogP contribution in [0.25, 0.3) is 0 Å². The summed E-state index contributed by atoms with van der Waals surface area (Å²) in [6.07, 6.45) is 1.65. The normalized spacial score (nSPS) is 18.4. The van der Waals surface area contributed by atoms with Crippen LogP contribution in [0.3, 0.4) is 0 Å². The molecule has 1 aromatic heterocycles. The highest BCUT2D eigenvalue weighted by Crippen LogP contribution is 2.26. The molecule has 1 aliphatic heterocycles. The molecule has 0 aliphatic carbocycles. The number of thiophene rings is 1. The van der Waals surface area contributed by atoms with Crippen molar-refractivity contribution in [3.8, 4) is 0 Å². The molecule has 0 unspecified atom stereocenters. The van der Waals surface area contributed by atoms with Crippen LogP contribution in [0.1, 0.15) is 17.7 Å². The van der Waals surface area contributed by atoms with Gasteiger partial charge in [-0.1, -0.05) is 17.7 Å². The molecule has 0 radical (unpaired) electrons. The van der Waals surface area contributed by atoms with Crippen LogP contribution in [0, 0.1) is 5.82 Å². The molecule has 2 aromatic rings. The standard InChI is InChI=1S/C16H17ClFNO3S2/c17-15-9-14(5-6-16(15)18)24(20,21)19(10-12-3-1-7-22-12)11-13-4-2-8-23-13/h2,4-6,8-9,12H,1,3,7,10-11H2/t12-/m1/s1. The van der Waals surface area contributed by atoms with Crippen molar-refractivity contribution in [3.05, 3.63) is 51.4 Å². The molecule has 0 amide bonds. The molecule has 3 rings (SSSR count). The lowest BCUT2D eigenvalue weighted by Gasteiger charge is -2.24. The van der Waals surface area contributed by atoms with Crippen LogP contribution in [0.5, 0.6) is 0 Å². The average molecular weight is 390 g/mol. The monoisotopic (exact) mass is 389 g/mol. The highest BCUT2D eigenvalue weighted by molar-refractivity contribution is 7.89. The number of hydrogen-bond acceptors (Lipinski definition) is 4. The van der Waals surface area contributed by atoms with Gasteiger partial charge in [0, 0.05) is 24.6 Å². The van der Waals surface area contributed by atoms with Crippen LogP contribution < -0.4 is 0 Å². The summed E-state index contributed by atoms with van der Waals surface area (Å²) in [5.74, 6) is -0.639. The topological polar surface area (TPSA) is 46.6 Å². The summed E-state index contributed by atoms with van der Waals surface area (Å²) in [7, 11) is -3.79. The molecule has 2 heterocycles. The minimum Gasteiger partial charge on any atom is -0.377 e. The molecule has 0 bridgehead atoms. The average Bonchev–Trinajstić information content (AvgIpc) is 3.23. The van der Waals surface area contributed by atoms with E-state index in [4.69, 9.17) is 16.3 Å². The minimum absolute atomic E-state index is 0.0107. The molecule has 0 saturated carbocycles. The van der Waals surface area contributed by atoms with Gasteiger partial charge in [-0.3, -0.25) is 0 Å². The Bertz CT molecular complexity index is 790. The Morgan fingerprint density at radius 2 is 2.21 bits per heavy atom. The number of ether oxygens (including phenoxy) is 1. The second kappa shape index (κ2) is 7.49. The molecule has 1 saturated heterocycles. The van der Waals surface area contributed by atoms with E-state index >= 15 is 0 Å². The molecular formula is C16H17ClFNO3S2. The van der Waals surface area contributed by atoms with Crippen molar-refractivity contribution in [1.29, 1.82) is 0 Å². The van der Waals surface area contributed by atoms with Crippen LogP contribution in [-0.4, -0.2) is 32.0 Å². The summed E-state index contributed by atoms with van der Waals surface area (Å²) in [5.41, 5.74) is 0. The van der Waals surface area contributed by atoms with Crippen molar-refractivity contribution in [3.63, 3.8) is 0 Å². The van der Waals surface area contributed by atoms with Crippen LogP contribution in [0.4, 0.5) is 4.39 Å².